The third kappa shape index (κ3) is 8.48. The Morgan fingerprint density at radius 3 is 2.46 bits per heavy atom. The molecule has 26 heavy (non-hydrogen) atoms. The number of nitrogens with zero attached hydrogens (tertiary/aromatic N) is 1. The lowest BCUT2D eigenvalue weighted by Gasteiger charge is -2.17. The molecule has 0 aliphatic carbocycles. The van der Waals surface area contributed by atoms with E-state index in [0.29, 0.717) is 23.6 Å². The molecule has 0 spiro atoms. The van der Waals surface area contributed by atoms with E-state index in [0.717, 1.165) is 4.90 Å². The summed E-state index contributed by atoms with van der Waals surface area (Å²) in [6.45, 7) is -0.662. The number of carbonyl (C=O) groups is 4. The maximum absolute atomic E-state index is 11.9. The van der Waals surface area contributed by atoms with E-state index in [1.165, 1.54) is 7.05 Å². The summed E-state index contributed by atoms with van der Waals surface area (Å²) >= 11 is 5.94. The zero-order chi connectivity index (χ0) is 19.5. The molecule has 0 saturated carbocycles. The number of para-hydroxylation sites is 1. The first-order chi connectivity index (χ1) is 12.3. The largest absolute Gasteiger partial charge is 0.456 e. The maximum Gasteiger partial charge on any atom is 0.306 e. The van der Waals surface area contributed by atoms with Crippen LogP contribution in [-0.2, 0) is 23.9 Å². The molecular formula is C17H22ClN3O5. The molecule has 1 rings (SSSR count). The topological polar surface area (TPSA) is 119 Å². The van der Waals surface area contributed by atoms with Crippen LogP contribution < -0.4 is 11.1 Å². The van der Waals surface area contributed by atoms with Crippen LogP contribution in [0.15, 0.2) is 24.3 Å². The van der Waals surface area contributed by atoms with Crippen LogP contribution >= 0.6 is 11.6 Å². The van der Waals surface area contributed by atoms with Crippen molar-refractivity contribution in [2.75, 3.05) is 25.5 Å². The molecule has 0 bridgehead atoms. The molecular weight excluding hydrogens is 362 g/mol. The number of esters is 1. The number of anilines is 1. The van der Waals surface area contributed by atoms with Crippen molar-refractivity contribution in [3.63, 3.8) is 0 Å². The summed E-state index contributed by atoms with van der Waals surface area (Å²) in [5.41, 5.74) is 5.44. The lowest BCUT2D eigenvalue weighted by atomic mass is 10.2. The normalized spacial score (nSPS) is 10.1. The molecule has 0 atom stereocenters. The van der Waals surface area contributed by atoms with Crippen molar-refractivity contribution in [1.29, 1.82) is 0 Å². The molecule has 8 nitrogen and oxygen atoms in total. The van der Waals surface area contributed by atoms with E-state index < -0.39 is 30.3 Å². The molecule has 1 aromatic carbocycles. The number of primary amides is 1. The van der Waals surface area contributed by atoms with Gasteiger partial charge in [0, 0.05) is 19.9 Å². The summed E-state index contributed by atoms with van der Waals surface area (Å²) in [4.78, 5) is 47.1. The number of hydrogen-bond donors (Lipinski definition) is 2. The second-order valence-corrected chi connectivity index (χ2v) is 6.02. The molecule has 3 amide bonds. The molecule has 142 valence electrons. The number of hydrogen-bond acceptors (Lipinski definition) is 5. The monoisotopic (exact) mass is 383 g/mol. The van der Waals surface area contributed by atoms with Gasteiger partial charge in [-0.1, -0.05) is 23.7 Å². The zero-order valence-electron chi connectivity index (χ0n) is 14.5. The van der Waals surface area contributed by atoms with E-state index in [1.807, 2.05) is 0 Å². The smallest absolute Gasteiger partial charge is 0.306 e. The summed E-state index contributed by atoms with van der Waals surface area (Å²) in [5.74, 6) is -1.90. The number of halogens is 1. The molecule has 0 aliphatic heterocycles. The van der Waals surface area contributed by atoms with Gasteiger partial charge in [0.15, 0.2) is 6.61 Å². The zero-order valence-corrected chi connectivity index (χ0v) is 15.3. The number of unbranched alkanes of at least 4 members (excludes halogenated alkanes) is 1. The number of carbonyl (C=O) groups excluding carboxylic acids is 4. The third-order valence-corrected chi connectivity index (χ3v) is 3.69. The SMILES string of the molecule is CN(CC(=O)Nc1ccccc1Cl)C(=O)COC(=O)CCCCC(N)=O. The van der Waals surface area contributed by atoms with Crippen molar-refractivity contribution in [3.8, 4) is 0 Å². The first kappa shape index (κ1) is 21.4. The highest BCUT2D eigenvalue weighted by Crippen LogP contribution is 2.20. The highest BCUT2D eigenvalue weighted by atomic mass is 35.5. The van der Waals surface area contributed by atoms with Crippen LogP contribution in [0, 0.1) is 0 Å². The molecule has 1 aromatic rings. The molecule has 0 radical (unpaired) electrons. The van der Waals surface area contributed by atoms with Crippen molar-refractivity contribution < 1.29 is 23.9 Å². The summed E-state index contributed by atoms with van der Waals surface area (Å²) in [6.07, 6.45) is 1.24. The number of likely N-dealkylation sites (N-methyl/N-ethyl adjacent to an activating group) is 1. The first-order valence-corrected chi connectivity index (χ1v) is 8.39. The quantitative estimate of drug-likeness (QED) is 0.466. The van der Waals surface area contributed by atoms with Crippen molar-refractivity contribution in [2.24, 2.45) is 5.73 Å². The first-order valence-electron chi connectivity index (χ1n) is 8.02. The third-order valence-electron chi connectivity index (χ3n) is 3.37. The molecule has 0 aromatic heterocycles. The Bertz CT molecular complexity index is 666. The predicted molar refractivity (Wildman–Crippen MR) is 96.3 cm³/mol. The number of benzene rings is 1. The number of ether oxygens (including phenoxy) is 1. The minimum absolute atomic E-state index is 0.0945. The van der Waals surface area contributed by atoms with Crippen LogP contribution in [0.25, 0.3) is 0 Å². The van der Waals surface area contributed by atoms with Gasteiger partial charge in [0.25, 0.3) is 5.91 Å². The average Bonchev–Trinajstić information content (AvgIpc) is 2.58. The van der Waals surface area contributed by atoms with Gasteiger partial charge in [0.1, 0.15) is 0 Å². The molecule has 0 aliphatic rings. The molecule has 0 fully saturated rings. The van der Waals surface area contributed by atoms with Gasteiger partial charge in [0.2, 0.25) is 11.8 Å². The second-order valence-electron chi connectivity index (χ2n) is 5.61. The second kappa shape index (κ2) is 11.1. The fraction of sp³-hybridized carbons (Fsp3) is 0.412. The summed E-state index contributed by atoms with van der Waals surface area (Å²) in [7, 11) is 1.43. The fourth-order valence-electron chi connectivity index (χ4n) is 1.95. The van der Waals surface area contributed by atoms with Crippen LogP contribution in [0.2, 0.25) is 5.02 Å². The van der Waals surface area contributed by atoms with E-state index in [-0.39, 0.29) is 19.4 Å². The van der Waals surface area contributed by atoms with Crippen molar-refractivity contribution in [1.82, 2.24) is 4.90 Å². The van der Waals surface area contributed by atoms with Gasteiger partial charge in [-0.3, -0.25) is 19.2 Å². The minimum Gasteiger partial charge on any atom is -0.456 e. The standard InChI is InChI=1S/C17H22ClN3O5/c1-21(10-15(23)20-13-7-3-2-6-12(13)18)16(24)11-26-17(25)9-5-4-8-14(19)22/h2-3,6-7H,4-5,8-11H2,1H3,(H2,19,22)(H,20,23). The van der Waals surface area contributed by atoms with Crippen LogP contribution in [0.4, 0.5) is 5.69 Å². The van der Waals surface area contributed by atoms with Crippen LogP contribution in [0.5, 0.6) is 0 Å². The minimum atomic E-state index is -0.545. The lowest BCUT2D eigenvalue weighted by molar-refractivity contribution is -0.151. The molecule has 3 N–H and O–H groups in total. The molecule has 0 unspecified atom stereocenters. The Labute approximate surface area is 156 Å². The Morgan fingerprint density at radius 2 is 1.81 bits per heavy atom. The highest BCUT2D eigenvalue weighted by Gasteiger charge is 2.15. The van der Waals surface area contributed by atoms with Gasteiger partial charge < -0.3 is 20.7 Å². The van der Waals surface area contributed by atoms with Crippen molar-refractivity contribution in [3.05, 3.63) is 29.3 Å². The number of nitrogens with one attached hydrogen (secondary N) is 1. The van der Waals surface area contributed by atoms with E-state index in [1.54, 1.807) is 24.3 Å². The molecule has 0 saturated heterocycles. The number of nitrogens with two attached hydrogens (primary N) is 1. The van der Waals surface area contributed by atoms with Gasteiger partial charge >= 0.3 is 5.97 Å². The maximum atomic E-state index is 11.9. The summed E-state index contributed by atoms with van der Waals surface area (Å²) in [6, 6.07) is 6.73. The summed E-state index contributed by atoms with van der Waals surface area (Å²) < 4.78 is 4.85. The van der Waals surface area contributed by atoms with Crippen LogP contribution in [0.1, 0.15) is 25.7 Å². The molecule has 0 heterocycles. The average molecular weight is 384 g/mol. The van der Waals surface area contributed by atoms with E-state index in [9.17, 15) is 19.2 Å². The van der Waals surface area contributed by atoms with Gasteiger partial charge in [-0.15, -0.1) is 0 Å². The Hall–Kier alpha value is -2.61. The van der Waals surface area contributed by atoms with E-state index in [4.69, 9.17) is 22.1 Å². The van der Waals surface area contributed by atoms with Crippen molar-refractivity contribution in [2.45, 2.75) is 25.7 Å². The van der Waals surface area contributed by atoms with Gasteiger partial charge in [-0.05, 0) is 25.0 Å². The fourth-order valence-corrected chi connectivity index (χ4v) is 2.13. The van der Waals surface area contributed by atoms with E-state index >= 15 is 0 Å². The van der Waals surface area contributed by atoms with Gasteiger partial charge in [0.05, 0.1) is 17.3 Å². The van der Waals surface area contributed by atoms with Gasteiger partial charge in [-0.2, -0.15) is 0 Å². The molecule has 9 heteroatoms. The van der Waals surface area contributed by atoms with E-state index in [2.05, 4.69) is 5.32 Å². The van der Waals surface area contributed by atoms with Crippen LogP contribution in [0.3, 0.4) is 0 Å². The summed E-state index contributed by atoms with van der Waals surface area (Å²) in [5, 5.41) is 2.98. The Balaban J connectivity index is 2.29. The Morgan fingerprint density at radius 1 is 1.15 bits per heavy atom. The van der Waals surface area contributed by atoms with Crippen molar-refractivity contribution >= 4 is 41.0 Å². The number of rotatable bonds is 10. The number of amides is 3. The highest BCUT2D eigenvalue weighted by molar-refractivity contribution is 6.33. The van der Waals surface area contributed by atoms with Gasteiger partial charge in [-0.25, -0.2) is 0 Å². The van der Waals surface area contributed by atoms with Crippen LogP contribution in [-0.4, -0.2) is 48.8 Å². The Kier molecular flexibility index (Phi) is 9.14. The lowest BCUT2D eigenvalue weighted by Crippen LogP contribution is -2.37. The predicted octanol–water partition coefficient (Wildman–Crippen LogP) is 1.33.